The van der Waals surface area contributed by atoms with Crippen LogP contribution in [0.25, 0.3) is 0 Å². The Morgan fingerprint density at radius 2 is 1.58 bits per heavy atom. The molecule has 3 rings (SSSR count). The molecule has 162 valence electrons. The average Bonchev–Trinajstić information content (AvgIpc) is 2.69. The molecule has 3 N–H and O–H groups in total. The summed E-state index contributed by atoms with van der Waals surface area (Å²) in [5, 5.41) is 2.67. The number of aromatic nitrogens is 1. The molecule has 0 aliphatic rings. The topological polar surface area (TPSA) is 134 Å². The van der Waals surface area contributed by atoms with Gasteiger partial charge in [-0.1, -0.05) is 12.1 Å². The number of carbonyl (C=O) groups excluding carboxylic acids is 1. The van der Waals surface area contributed by atoms with E-state index < -0.39 is 26.0 Å². The first-order chi connectivity index (χ1) is 14.5. The number of nitrogens with zero attached hydrogens (tertiary/aromatic N) is 1. The molecule has 0 saturated heterocycles. The van der Waals surface area contributed by atoms with Gasteiger partial charge in [0.25, 0.3) is 15.9 Å². The van der Waals surface area contributed by atoms with Crippen LogP contribution in [0.5, 0.6) is 0 Å². The SMILES string of the molecule is Cc1c(NS(C)(=O)=O)cccc1C(=O)Nc1ccc(S(=O)(=O)Nc2ccccn2)cc1. The van der Waals surface area contributed by atoms with Crippen LogP contribution in [0.3, 0.4) is 0 Å². The zero-order chi connectivity index (χ0) is 22.6. The van der Waals surface area contributed by atoms with E-state index in [0.717, 1.165) is 6.26 Å². The summed E-state index contributed by atoms with van der Waals surface area (Å²) in [5.74, 6) is -0.269. The Kier molecular flexibility index (Phi) is 6.27. The van der Waals surface area contributed by atoms with Crippen molar-refractivity contribution in [3.8, 4) is 0 Å². The number of sulfonamides is 2. The van der Waals surface area contributed by atoms with Crippen LogP contribution in [0, 0.1) is 6.92 Å². The number of pyridine rings is 1. The highest BCUT2D eigenvalue weighted by atomic mass is 32.2. The largest absolute Gasteiger partial charge is 0.322 e. The van der Waals surface area contributed by atoms with Crippen LogP contribution < -0.4 is 14.8 Å². The van der Waals surface area contributed by atoms with Gasteiger partial charge in [0.1, 0.15) is 5.82 Å². The molecule has 0 fully saturated rings. The molecule has 1 heterocycles. The minimum Gasteiger partial charge on any atom is -0.322 e. The minimum atomic E-state index is -3.83. The van der Waals surface area contributed by atoms with E-state index in [0.29, 0.717) is 16.9 Å². The van der Waals surface area contributed by atoms with Gasteiger partial charge < -0.3 is 5.32 Å². The van der Waals surface area contributed by atoms with Gasteiger partial charge in [-0.25, -0.2) is 21.8 Å². The number of benzene rings is 2. The van der Waals surface area contributed by atoms with Gasteiger partial charge in [-0.15, -0.1) is 0 Å². The van der Waals surface area contributed by atoms with Gasteiger partial charge in [0.2, 0.25) is 10.0 Å². The van der Waals surface area contributed by atoms with Gasteiger partial charge in [-0.05, 0) is 61.0 Å². The number of nitrogens with one attached hydrogen (secondary N) is 3. The fourth-order valence-electron chi connectivity index (χ4n) is 2.73. The van der Waals surface area contributed by atoms with Crippen LogP contribution in [0.15, 0.2) is 71.8 Å². The maximum absolute atomic E-state index is 12.6. The summed E-state index contributed by atoms with van der Waals surface area (Å²) < 4.78 is 52.6. The van der Waals surface area contributed by atoms with E-state index in [9.17, 15) is 21.6 Å². The smallest absolute Gasteiger partial charge is 0.263 e. The Labute approximate surface area is 180 Å². The van der Waals surface area contributed by atoms with E-state index in [1.54, 1.807) is 37.3 Å². The molecule has 0 spiro atoms. The molecule has 0 aliphatic carbocycles. The van der Waals surface area contributed by atoms with Gasteiger partial charge in [0.15, 0.2) is 0 Å². The fraction of sp³-hybridized carbons (Fsp3) is 0.100. The molecule has 11 heteroatoms. The lowest BCUT2D eigenvalue weighted by atomic mass is 10.1. The van der Waals surface area contributed by atoms with Crippen molar-refractivity contribution in [3.63, 3.8) is 0 Å². The highest BCUT2D eigenvalue weighted by Crippen LogP contribution is 2.22. The third kappa shape index (κ3) is 5.80. The number of anilines is 3. The summed E-state index contributed by atoms with van der Waals surface area (Å²) in [6, 6.07) is 15.2. The van der Waals surface area contributed by atoms with E-state index in [1.807, 2.05) is 0 Å². The summed E-state index contributed by atoms with van der Waals surface area (Å²) in [7, 11) is -7.32. The Hall–Kier alpha value is -3.44. The van der Waals surface area contributed by atoms with Crippen LogP contribution in [0.4, 0.5) is 17.2 Å². The van der Waals surface area contributed by atoms with Gasteiger partial charge >= 0.3 is 0 Å². The quantitative estimate of drug-likeness (QED) is 0.496. The summed E-state index contributed by atoms with van der Waals surface area (Å²) >= 11 is 0. The number of rotatable bonds is 7. The highest BCUT2D eigenvalue weighted by Gasteiger charge is 2.16. The molecule has 9 nitrogen and oxygen atoms in total. The Bertz CT molecular complexity index is 1310. The predicted molar refractivity (Wildman–Crippen MR) is 119 cm³/mol. The van der Waals surface area contributed by atoms with Crippen molar-refractivity contribution in [3.05, 3.63) is 78.0 Å². The second-order valence-electron chi connectivity index (χ2n) is 6.65. The predicted octanol–water partition coefficient (Wildman–Crippen LogP) is 2.81. The number of carbonyl (C=O) groups is 1. The molecule has 0 atom stereocenters. The highest BCUT2D eigenvalue weighted by molar-refractivity contribution is 7.92. The van der Waals surface area contributed by atoms with Crippen molar-refractivity contribution in [2.75, 3.05) is 21.0 Å². The van der Waals surface area contributed by atoms with Crippen LogP contribution in [0.1, 0.15) is 15.9 Å². The Morgan fingerprint density at radius 3 is 2.19 bits per heavy atom. The van der Waals surface area contributed by atoms with Gasteiger partial charge in [0.05, 0.1) is 16.8 Å². The van der Waals surface area contributed by atoms with Crippen molar-refractivity contribution in [1.82, 2.24) is 4.98 Å². The molecule has 0 bridgehead atoms. The summed E-state index contributed by atoms with van der Waals surface area (Å²) in [6.07, 6.45) is 2.50. The zero-order valence-electron chi connectivity index (χ0n) is 16.7. The molecule has 3 aromatic rings. The van der Waals surface area contributed by atoms with Gasteiger partial charge in [0, 0.05) is 17.4 Å². The molecule has 0 radical (unpaired) electrons. The summed E-state index contributed by atoms with van der Waals surface area (Å²) in [4.78, 5) is 16.6. The fourth-order valence-corrected chi connectivity index (χ4v) is 4.36. The molecular formula is C20H20N4O5S2. The lowest BCUT2D eigenvalue weighted by Gasteiger charge is -2.13. The standard InChI is InChI=1S/C20H20N4O5S2/c1-14-17(6-5-7-18(14)23-30(2,26)27)20(25)22-15-9-11-16(12-10-15)31(28,29)24-19-8-3-4-13-21-19/h3-13,23H,1-2H3,(H,21,24)(H,22,25). The van der Waals surface area contributed by atoms with Crippen LogP contribution in [-0.4, -0.2) is 34.0 Å². The van der Waals surface area contributed by atoms with E-state index >= 15 is 0 Å². The summed E-state index contributed by atoms with van der Waals surface area (Å²) in [5.41, 5.74) is 1.42. The zero-order valence-corrected chi connectivity index (χ0v) is 18.3. The van der Waals surface area contributed by atoms with Crippen LogP contribution in [-0.2, 0) is 20.0 Å². The lowest BCUT2D eigenvalue weighted by molar-refractivity contribution is 0.102. The van der Waals surface area contributed by atoms with E-state index in [-0.39, 0.29) is 16.3 Å². The van der Waals surface area contributed by atoms with Crippen molar-refractivity contribution < 1.29 is 21.6 Å². The van der Waals surface area contributed by atoms with Gasteiger partial charge in [-0.3, -0.25) is 14.2 Å². The Morgan fingerprint density at radius 1 is 0.871 bits per heavy atom. The van der Waals surface area contributed by atoms with Crippen LogP contribution in [0.2, 0.25) is 0 Å². The third-order valence-corrected chi connectivity index (χ3v) is 6.16. The third-order valence-electron chi connectivity index (χ3n) is 4.20. The number of hydrogen-bond donors (Lipinski definition) is 3. The molecule has 2 aromatic carbocycles. The van der Waals surface area contributed by atoms with Crippen molar-refractivity contribution in [2.45, 2.75) is 11.8 Å². The maximum atomic E-state index is 12.6. The molecule has 1 aromatic heterocycles. The Balaban J connectivity index is 1.76. The molecular weight excluding hydrogens is 440 g/mol. The van der Waals surface area contributed by atoms with Crippen molar-refractivity contribution in [1.29, 1.82) is 0 Å². The molecule has 0 aliphatic heterocycles. The van der Waals surface area contributed by atoms with Crippen molar-refractivity contribution in [2.24, 2.45) is 0 Å². The van der Waals surface area contributed by atoms with Gasteiger partial charge in [-0.2, -0.15) is 0 Å². The minimum absolute atomic E-state index is 0.00619. The monoisotopic (exact) mass is 460 g/mol. The number of hydrogen-bond acceptors (Lipinski definition) is 6. The van der Waals surface area contributed by atoms with E-state index in [4.69, 9.17) is 0 Å². The van der Waals surface area contributed by atoms with Crippen LogP contribution >= 0.6 is 0 Å². The van der Waals surface area contributed by atoms with E-state index in [1.165, 1.54) is 36.5 Å². The summed E-state index contributed by atoms with van der Waals surface area (Å²) in [6.45, 7) is 1.63. The van der Waals surface area contributed by atoms with Crippen molar-refractivity contribution >= 4 is 43.1 Å². The molecule has 0 saturated carbocycles. The molecule has 0 unspecified atom stereocenters. The molecule has 1 amide bonds. The first kappa shape index (κ1) is 22.2. The number of amides is 1. The first-order valence-electron chi connectivity index (χ1n) is 8.98. The van der Waals surface area contributed by atoms with E-state index in [2.05, 4.69) is 19.7 Å². The second kappa shape index (κ2) is 8.74. The maximum Gasteiger partial charge on any atom is 0.263 e. The first-order valence-corrected chi connectivity index (χ1v) is 12.4. The lowest BCUT2D eigenvalue weighted by Crippen LogP contribution is -2.16. The average molecular weight is 461 g/mol. The normalized spacial score (nSPS) is 11.5. The molecule has 31 heavy (non-hydrogen) atoms. The second-order valence-corrected chi connectivity index (χ2v) is 10.1.